The lowest BCUT2D eigenvalue weighted by atomic mass is 9.59. The van der Waals surface area contributed by atoms with Crippen molar-refractivity contribution in [2.45, 2.75) is 25.7 Å². The Balaban J connectivity index is 1.23. The summed E-state index contributed by atoms with van der Waals surface area (Å²) in [6.07, 6.45) is 7.50. The molecule has 3 aromatic carbocycles. The van der Waals surface area contributed by atoms with Crippen LogP contribution in [0.1, 0.15) is 42.4 Å². The first-order valence-corrected chi connectivity index (χ1v) is 16.1. The van der Waals surface area contributed by atoms with E-state index in [0.29, 0.717) is 45.2 Å². The van der Waals surface area contributed by atoms with Crippen LogP contribution in [0.15, 0.2) is 95.1 Å². The highest BCUT2D eigenvalue weighted by molar-refractivity contribution is 6.25. The van der Waals surface area contributed by atoms with Gasteiger partial charge < -0.3 is 19.3 Å². The Morgan fingerprint density at radius 3 is 2.31 bits per heavy atom. The molecular formula is C40H35NO8. The lowest BCUT2D eigenvalue weighted by Crippen LogP contribution is -2.40. The van der Waals surface area contributed by atoms with Crippen molar-refractivity contribution < 1.29 is 38.5 Å². The first-order valence-electron chi connectivity index (χ1n) is 16.1. The second-order valence-corrected chi connectivity index (χ2v) is 12.7. The number of phenols is 1. The summed E-state index contributed by atoms with van der Waals surface area (Å²) in [5, 5.41) is 11.1. The number of nitrogens with zero attached hydrogens (tertiary/aromatic N) is 1. The van der Waals surface area contributed by atoms with Gasteiger partial charge in [0.2, 0.25) is 11.8 Å². The summed E-state index contributed by atoms with van der Waals surface area (Å²) in [5.41, 5.74) is 4.18. The van der Waals surface area contributed by atoms with E-state index in [9.17, 15) is 24.3 Å². The van der Waals surface area contributed by atoms with Gasteiger partial charge >= 0.3 is 0 Å². The van der Waals surface area contributed by atoms with Gasteiger partial charge in [0.25, 0.3) is 0 Å². The molecule has 1 aliphatic heterocycles. The van der Waals surface area contributed by atoms with Crippen molar-refractivity contribution in [1.82, 2.24) is 0 Å². The Morgan fingerprint density at radius 2 is 1.59 bits per heavy atom. The smallest absolute Gasteiger partial charge is 0.238 e. The minimum atomic E-state index is -0.808. The van der Waals surface area contributed by atoms with Crippen LogP contribution in [-0.4, -0.2) is 49.8 Å². The Labute approximate surface area is 283 Å². The molecule has 1 saturated heterocycles. The minimum absolute atomic E-state index is 0.0817. The zero-order chi connectivity index (χ0) is 34.6. The van der Waals surface area contributed by atoms with E-state index in [-0.39, 0.29) is 42.0 Å². The molecule has 2 amide bonds. The van der Waals surface area contributed by atoms with Crippen LogP contribution in [0.4, 0.5) is 5.69 Å². The Bertz CT molecular complexity index is 2050. The number of imide groups is 1. The number of ketones is 2. The molecule has 9 nitrogen and oxygen atoms in total. The fourth-order valence-corrected chi connectivity index (χ4v) is 7.84. The number of methoxy groups -OCH3 is 3. The highest BCUT2D eigenvalue weighted by Crippen LogP contribution is 2.57. The van der Waals surface area contributed by atoms with Gasteiger partial charge in [0.1, 0.15) is 23.0 Å². The Hall–Kier alpha value is -5.70. The standard InChI is InChI=1S/C40H35NO8/c1-21-18-31(43)29-20-28-26(35(36(29)38(21)44)37-30(42)6-5-7-33(37)49-4)15-16-27-34(28)40(46)41(39(27)45)24-12-9-22(10-13-24)8-11-23-19-25(47-2)14-17-32(23)48-3/h5-15,17-19,27-28,34-35,42H,16,20H2,1-4H3. The maximum atomic E-state index is 14.3. The van der Waals surface area contributed by atoms with Crippen LogP contribution in [0.25, 0.3) is 12.2 Å². The number of rotatable bonds is 7. The van der Waals surface area contributed by atoms with E-state index in [4.69, 9.17) is 14.2 Å². The van der Waals surface area contributed by atoms with E-state index in [2.05, 4.69) is 0 Å². The number of allylic oxidation sites excluding steroid dienone is 6. The van der Waals surface area contributed by atoms with Crippen molar-refractivity contribution in [1.29, 1.82) is 0 Å². The Kier molecular flexibility index (Phi) is 8.06. The maximum absolute atomic E-state index is 14.3. The molecule has 1 heterocycles. The molecule has 3 aromatic rings. The average Bonchev–Trinajstić information content (AvgIpc) is 3.37. The van der Waals surface area contributed by atoms with Crippen LogP contribution < -0.4 is 19.1 Å². The lowest BCUT2D eigenvalue weighted by molar-refractivity contribution is -0.123. The van der Waals surface area contributed by atoms with Gasteiger partial charge in [0, 0.05) is 33.8 Å². The maximum Gasteiger partial charge on any atom is 0.238 e. The molecule has 7 rings (SSSR count). The number of benzene rings is 3. The van der Waals surface area contributed by atoms with Crippen LogP contribution in [0, 0.1) is 17.8 Å². The molecule has 0 saturated carbocycles. The minimum Gasteiger partial charge on any atom is -0.507 e. The fourth-order valence-electron chi connectivity index (χ4n) is 7.84. The zero-order valence-electron chi connectivity index (χ0n) is 27.6. The SMILES string of the molecule is COc1ccc(OC)c(C=Cc2ccc(N3C(=O)C4CC=C5C(c6c(O)cccc6OC)C6=C(CC5C4C3=O)C(=O)C=C(C)C6=O)cc2)c1. The molecule has 0 radical (unpaired) electrons. The zero-order valence-corrected chi connectivity index (χ0v) is 27.6. The second kappa shape index (κ2) is 12.4. The third-order valence-electron chi connectivity index (χ3n) is 10.2. The van der Waals surface area contributed by atoms with Gasteiger partial charge in [-0.25, -0.2) is 0 Å². The quantitative estimate of drug-likeness (QED) is 0.138. The van der Waals surface area contributed by atoms with Crippen molar-refractivity contribution in [2.24, 2.45) is 17.8 Å². The van der Waals surface area contributed by atoms with Gasteiger partial charge in [-0.1, -0.05) is 42.0 Å². The van der Waals surface area contributed by atoms with Crippen LogP contribution in [0.5, 0.6) is 23.0 Å². The number of amides is 2. The molecule has 4 aliphatic rings. The predicted octanol–water partition coefficient (Wildman–Crippen LogP) is 6.22. The van der Waals surface area contributed by atoms with Crippen molar-refractivity contribution in [3.8, 4) is 23.0 Å². The molecule has 0 spiro atoms. The van der Waals surface area contributed by atoms with Crippen LogP contribution in [-0.2, 0) is 19.2 Å². The molecular weight excluding hydrogens is 622 g/mol. The largest absolute Gasteiger partial charge is 0.507 e. The van der Waals surface area contributed by atoms with Gasteiger partial charge in [-0.05, 0) is 79.8 Å². The third-order valence-corrected chi connectivity index (χ3v) is 10.2. The number of hydrogen-bond acceptors (Lipinski definition) is 8. The van der Waals surface area contributed by atoms with Crippen molar-refractivity contribution >= 4 is 41.2 Å². The number of fused-ring (bicyclic) bond motifs is 3. The number of ether oxygens (including phenoxy) is 3. The number of hydrogen-bond donors (Lipinski definition) is 1. The molecule has 3 aliphatic carbocycles. The van der Waals surface area contributed by atoms with Crippen LogP contribution >= 0.6 is 0 Å². The van der Waals surface area contributed by atoms with E-state index < -0.39 is 23.7 Å². The fraction of sp³-hybridized carbons (Fsp3) is 0.250. The first kappa shape index (κ1) is 31.9. The van der Waals surface area contributed by atoms with Gasteiger partial charge in [-0.2, -0.15) is 0 Å². The highest BCUT2D eigenvalue weighted by atomic mass is 16.5. The van der Waals surface area contributed by atoms with E-state index in [1.54, 1.807) is 45.4 Å². The molecule has 4 atom stereocenters. The van der Waals surface area contributed by atoms with Crippen molar-refractivity contribution in [3.05, 3.63) is 112 Å². The number of Topliss-reactive ketones (excluding diaryl/α,β-unsaturated/α-hetero) is 1. The lowest BCUT2D eigenvalue weighted by Gasteiger charge is -2.42. The molecule has 1 N–H and O–H groups in total. The summed E-state index contributed by atoms with van der Waals surface area (Å²) in [7, 11) is 4.68. The molecule has 248 valence electrons. The Morgan fingerprint density at radius 1 is 0.837 bits per heavy atom. The first-order chi connectivity index (χ1) is 23.7. The van der Waals surface area contributed by atoms with Crippen molar-refractivity contribution in [2.75, 3.05) is 26.2 Å². The molecule has 4 unspecified atom stereocenters. The summed E-state index contributed by atoms with van der Waals surface area (Å²) >= 11 is 0. The van der Waals surface area contributed by atoms with E-state index >= 15 is 0 Å². The summed E-state index contributed by atoms with van der Waals surface area (Å²) in [6.45, 7) is 1.61. The predicted molar refractivity (Wildman–Crippen MR) is 183 cm³/mol. The normalized spacial score (nSPS) is 23.2. The summed E-state index contributed by atoms with van der Waals surface area (Å²) < 4.78 is 16.4. The number of carbonyl (C=O) groups is 4. The number of anilines is 1. The van der Waals surface area contributed by atoms with Gasteiger partial charge in [0.05, 0.1) is 38.9 Å². The second-order valence-electron chi connectivity index (χ2n) is 12.7. The number of carbonyl (C=O) groups excluding carboxylic acids is 4. The summed E-state index contributed by atoms with van der Waals surface area (Å²) in [6, 6.07) is 17.5. The van der Waals surface area contributed by atoms with Gasteiger partial charge in [-0.15, -0.1) is 0 Å². The summed E-state index contributed by atoms with van der Waals surface area (Å²) in [4.78, 5) is 56.7. The third kappa shape index (κ3) is 5.17. The van der Waals surface area contributed by atoms with Crippen molar-refractivity contribution in [3.63, 3.8) is 0 Å². The van der Waals surface area contributed by atoms with Gasteiger partial charge in [0.15, 0.2) is 11.6 Å². The molecule has 49 heavy (non-hydrogen) atoms. The van der Waals surface area contributed by atoms with Crippen LogP contribution in [0.2, 0.25) is 0 Å². The molecule has 9 heteroatoms. The van der Waals surface area contributed by atoms with E-state index in [1.807, 2.05) is 48.6 Å². The average molecular weight is 658 g/mol. The monoisotopic (exact) mass is 657 g/mol. The van der Waals surface area contributed by atoms with Gasteiger partial charge in [-0.3, -0.25) is 24.1 Å². The van der Waals surface area contributed by atoms with E-state index in [1.165, 1.54) is 24.2 Å². The summed E-state index contributed by atoms with van der Waals surface area (Å²) in [5.74, 6) is -2.25. The molecule has 0 aromatic heterocycles. The number of aromatic hydroxyl groups is 1. The molecule has 0 bridgehead atoms. The molecule has 1 fully saturated rings. The van der Waals surface area contributed by atoms with E-state index in [0.717, 1.165) is 16.7 Å². The van der Waals surface area contributed by atoms with Crippen LogP contribution in [0.3, 0.4) is 0 Å². The highest BCUT2D eigenvalue weighted by Gasteiger charge is 2.57. The number of phenolic OH excluding ortho intramolecular Hbond substituents is 1. The topological polar surface area (TPSA) is 119 Å².